The first-order valence-electron chi connectivity index (χ1n) is 10.5. The van der Waals surface area contributed by atoms with Crippen molar-refractivity contribution in [3.05, 3.63) is 88.4 Å². The highest BCUT2D eigenvalue weighted by molar-refractivity contribution is 7.92. The standard InChI is InChI=1S/C25H27ClN2O5S/c1-17(20-12-13-23(32-2)24(14-20)33-3)27-25(29)19-10-8-18(9-11-19)16-28(34(4,30)31)22-7-5-6-21(26)15-22/h5-15,17H,16H2,1-4H3,(H,27,29)/t17-/m1/s1. The van der Waals surface area contributed by atoms with Gasteiger partial charge in [-0.1, -0.05) is 35.9 Å². The summed E-state index contributed by atoms with van der Waals surface area (Å²) in [6, 6.07) is 18.7. The minimum Gasteiger partial charge on any atom is -0.493 e. The number of halogens is 1. The van der Waals surface area contributed by atoms with Crippen LogP contribution in [-0.2, 0) is 16.6 Å². The number of ether oxygens (including phenoxy) is 2. The van der Waals surface area contributed by atoms with E-state index >= 15 is 0 Å². The first-order chi connectivity index (χ1) is 16.1. The van der Waals surface area contributed by atoms with Gasteiger partial charge in [-0.25, -0.2) is 8.42 Å². The molecule has 34 heavy (non-hydrogen) atoms. The molecule has 0 aromatic heterocycles. The van der Waals surface area contributed by atoms with Crippen LogP contribution >= 0.6 is 11.6 Å². The molecule has 3 aromatic rings. The highest BCUT2D eigenvalue weighted by Crippen LogP contribution is 2.30. The molecule has 1 atom stereocenters. The van der Waals surface area contributed by atoms with Gasteiger partial charge < -0.3 is 14.8 Å². The SMILES string of the molecule is COc1ccc([C@@H](C)NC(=O)c2ccc(CN(c3cccc(Cl)c3)S(C)(=O)=O)cc2)cc1OC. The summed E-state index contributed by atoms with van der Waals surface area (Å²) in [4.78, 5) is 12.8. The van der Waals surface area contributed by atoms with Crippen LogP contribution in [0.4, 0.5) is 5.69 Å². The number of amides is 1. The summed E-state index contributed by atoms with van der Waals surface area (Å²) >= 11 is 6.04. The zero-order valence-corrected chi connectivity index (χ0v) is 21.0. The summed E-state index contributed by atoms with van der Waals surface area (Å²) in [6.45, 7) is 1.99. The van der Waals surface area contributed by atoms with Gasteiger partial charge in [0.2, 0.25) is 10.0 Å². The van der Waals surface area contributed by atoms with Gasteiger partial charge in [-0.05, 0) is 60.5 Å². The number of benzene rings is 3. The highest BCUT2D eigenvalue weighted by Gasteiger charge is 2.19. The Morgan fingerprint density at radius 3 is 2.26 bits per heavy atom. The van der Waals surface area contributed by atoms with Crippen molar-refractivity contribution in [1.29, 1.82) is 0 Å². The largest absolute Gasteiger partial charge is 0.493 e. The molecule has 0 spiro atoms. The van der Waals surface area contributed by atoms with Crippen molar-refractivity contribution in [3.8, 4) is 11.5 Å². The maximum absolute atomic E-state index is 12.8. The lowest BCUT2D eigenvalue weighted by Gasteiger charge is -2.23. The second-order valence-corrected chi connectivity index (χ2v) is 10.1. The molecule has 9 heteroatoms. The summed E-state index contributed by atoms with van der Waals surface area (Å²) in [6.07, 6.45) is 1.14. The van der Waals surface area contributed by atoms with Crippen LogP contribution < -0.4 is 19.1 Å². The Balaban J connectivity index is 1.72. The van der Waals surface area contributed by atoms with Gasteiger partial charge in [-0.2, -0.15) is 0 Å². The number of sulfonamides is 1. The molecular weight excluding hydrogens is 476 g/mol. The Kier molecular flexibility index (Phi) is 8.06. The molecule has 0 heterocycles. The molecule has 7 nitrogen and oxygen atoms in total. The zero-order valence-electron chi connectivity index (χ0n) is 19.4. The first-order valence-corrected chi connectivity index (χ1v) is 12.7. The second kappa shape index (κ2) is 10.8. The molecule has 0 saturated heterocycles. The van der Waals surface area contributed by atoms with Crippen LogP contribution in [0.15, 0.2) is 66.7 Å². The van der Waals surface area contributed by atoms with Crippen molar-refractivity contribution in [3.63, 3.8) is 0 Å². The fourth-order valence-corrected chi connectivity index (χ4v) is 4.51. The lowest BCUT2D eigenvalue weighted by Crippen LogP contribution is -2.29. The van der Waals surface area contributed by atoms with Crippen LogP contribution in [0.1, 0.15) is 34.5 Å². The fourth-order valence-electron chi connectivity index (χ4n) is 3.44. The molecule has 1 amide bonds. The van der Waals surface area contributed by atoms with E-state index in [1.165, 1.54) is 4.31 Å². The number of nitrogens with zero attached hydrogens (tertiary/aromatic N) is 1. The number of nitrogens with one attached hydrogen (secondary N) is 1. The fraction of sp³-hybridized carbons (Fsp3) is 0.240. The average molecular weight is 503 g/mol. The maximum atomic E-state index is 12.8. The molecule has 0 fully saturated rings. The topological polar surface area (TPSA) is 84.9 Å². The van der Waals surface area contributed by atoms with Crippen molar-refractivity contribution < 1.29 is 22.7 Å². The third-order valence-corrected chi connectivity index (χ3v) is 6.67. The third-order valence-electron chi connectivity index (χ3n) is 5.29. The minimum absolute atomic E-state index is 0.114. The molecule has 0 unspecified atom stereocenters. The van der Waals surface area contributed by atoms with Crippen molar-refractivity contribution in [2.24, 2.45) is 0 Å². The van der Waals surface area contributed by atoms with Crippen molar-refractivity contribution in [2.75, 3.05) is 24.8 Å². The highest BCUT2D eigenvalue weighted by atomic mass is 35.5. The molecule has 0 aliphatic carbocycles. The Bertz CT molecular complexity index is 1260. The molecule has 180 valence electrons. The molecule has 0 aliphatic heterocycles. The minimum atomic E-state index is -3.54. The first kappa shape index (κ1) is 25.4. The van der Waals surface area contributed by atoms with Crippen molar-refractivity contribution >= 4 is 33.2 Å². The van der Waals surface area contributed by atoms with Crippen LogP contribution in [0.5, 0.6) is 11.5 Å². The number of carbonyl (C=O) groups excluding carboxylic acids is 1. The van der Waals surface area contributed by atoms with Crippen LogP contribution in [0.25, 0.3) is 0 Å². The predicted molar refractivity (Wildman–Crippen MR) is 134 cm³/mol. The van der Waals surface area contributed by atoms with E-state index in [1.54, 1.807) is 68.8 Å². The molecule has 1 N–H and O–H groups in total. The Hall–Kier alpha value is -3.23. The molecule has 0 aliphatic rings. The van der Waals surface area contributed by atoms with Gasteiger partial charge in [0.05, 0.1) is 38.7 Å². The van der Waals surface area contributed by atoms with Gasteiger partial charge in [0.15, 0.2) is 11.5 Å². The lowest BCUT2D eigenvalue weighted by atomic mass is 10.1. The van der Waals surface area contributed by atoms with E-state index < -0.39 is 10.0 Å². The van der Waals surface area contributed by atoms with Gasteiger partial charge in [-0.15, -0.1) is 0 Å². The number of methoxy groups -OCH3 is 2. The van der Waals surface area contributed by atoms with Gasteiger partial charge in [0, 0.05) is 10.6 Å². The zero-order chi connectivity index (χ0) is 24.9. The number of anilines is 1. The number of hydrogen-bond donors (Lipinski definition) is 1. The summed E-state index contributed by atoms with van der Waals surface area (Å²) in [5, 5.41) is 3.41. The summed E-state index contributed by atoms with van der Waals surface area (Å²) in [7, 11) is -0.415. The summed E-state index contributed by atoms with van der Waals surface area (Å²) in [5.41, 5.74) is 2.54. The van der Waals surface area contributed by atoms with Crippen LogP contribution in [0.3, 0.4) is 0 Å². The molecule has 0 radical (unpaired) electrons. The molecular formula is C25H27ClN2O5S. The molecule has 3 aromatic carbocycles. The van der Waals surface area contributed by atoms with Gasteiger partial charge in [-0.3, -0.25) is 9.10 Å². The third kappa shape index (κ3) is 6.21. The summed E-state index contributed by atoms with van der Waals surface area (Å²) < 4.78 is 36.6. The van der Waals surface area contributed by atoms with E-state index in [0.29, 0.717) is 27.8 Å². The predicted octanol–water partition coefficient (Wildman–Crippen LogP) is 4.81. The van der Waals surface area contributed by atoms with Crippen molar-refractivity contribution in [2.45, 2.75) is 19.5 Å². The number of hydrogen-bond acceptors (Lipinski definition) is 5. The summed E-state index contributed by atoms with van der Waals surface area (Å²) in [5.74, 6) is 0.950. The normalized spacial score (nSPS) is 12.0. The van der Waals surface area contributed by atoms with Gasteiger partial charge in [0.1, 0.15) is 0 Å². The van der Waals surface area contributed by atoms with E-state index in [4.69, 9.17) is 21.1 Å². The van der Waals surface area contributed by atoms with Crippen LogP contribution in [0, 0.1) is 0 Å². The monoisotopic (exact) mass is 502 g/mol. The van der Waals surface area contributed by atoms with E-state index in [0.717, 1.165) is 17.4 Å². The van der Waals surface area contributed by atoms with E-state index in [-0.39, 0.29) is 18.5 Å². The van der Waals surface area contributed by atoms with Gasteiger partial charge in [0.25, 0.3) is 5.91 Å². The Labute approximate surface area is 205 Å². The lowest BCUT2D eigenvalue weighted by molar-refractivity contribution is 0.0940. The Morgan fingerprint density at radius 2 is 1.68 bits per heavy atom. The van der Waals surface area contributed by atoms with Crippen LogP contribution in [0.2, 0.25) is 5.02 Å². The van der Waals surface area contributed by atoms with E-state index in [9.17, 15) is 13.2 Å². The molecule has 0 saturated carbocycles. The van der Waals surface area contributed by atoms with Crippen molar-refractivity contribution in [1.82, 2.24) is 5.32 Å². The number of carbonyl (C=O) groups is 1. The van der Waals surface area contributed by atoms with Gasteiger partial charge >= 0.3 is 0 Å². The second-order valence-electron chi connectivity index (χ2n) is 7.76. The maximum Gasteiger partial charge on any atom is 0.251 e. The molecule has 3 rings (SSSR count). The Morgan fingerprint density at radius 1 is 1.00 bits per heavy atom. The van der Waals surface area contributed by atoms with E-state index in [1.807, 2.05) is 19.1 Å². The number of rotatable bonds is 9. The van der Waals surface area contributed by atoms with Crippen LogP contribution in [-0.4, -0.2) is 34.8 Å². The average Bonchev–Trinajstić information content (AvgIpc) is 2.81. The quantitative estimate of drug-likeness (QED) is 0.453. The smallest absolute Gasteiger partial charge is 0.251 e. The van der Waals surface area contributed by atoms with E-state index in [2.05, 4.69) is 5.32 Å². The molecule has 0 bridgehead atoms.